The van der Waals surface area contributed by atoms with Gasteiger partial charge >= 0.3 is 6.09 Å². The van der Waals surface area contributed by atoms with Crippen LogP contribution in [0.1, 0.15) is 31.2 Å². The molecule has 6 heteroatoms. The number of rotatable bonds is 6. The Balaban J connectivity index is 1.26. The van der Waals surface area contributed by atoms with E-state index in [1.54, 1.807) is 4.90 Å². The SMILES string of the molecule is CN1C[C@]2(CCN(Cc3cccc(OCCN4CCCCC4)c3)C2)OC1=O. The molecule has 27 heavy (non-hydrogen) atoms. The Hall–Kier alpha value is -1.79. The maximum atomic E-state index is 11.7. The molecule has 0 aromatic heterocycles. The molecule has 3 aliphatic rings. The number of ether oxygens (including phenoxy) is 2. The first-order valence-corrected chi connectivity index (χ1v) is 10.2. The number of likely N-dealkylation sites (N-methyl/N-ethyl adjacent to an activating group) is 1. The molecule has 0 N–H and O–H groups in total. The molecule has 1 aromatic carbocycles. The summed E-state index contributed by atoms with van der Waals surface area (Å²) >= 11 is 0. The minimum Gasteiger partial charge on any atom is -0.492 e. The van der Waals surface area contributed by atoms with Gasteiger partial charge in [-0.05, 0) is 43.6 Å². The van der Waals surface area contributed by atoms with Gasteiger partial charge in [0.2, 0.25) is 0 Å². The van der Waals surface area contributed by atoms with E-state index in [9.17, 15) is 4.79 Å². The number of likely N-dealkylation sites (tertiary alicyclic amines) is 2. The van der Waals surface area contributed by atoms with Gasteiger partial charge < -0.3 is 14.4 Å². The monoisotopic (exact) mass is 373 g/mol. The van der Waals surface area contributed by atoms with Crippen molar-refractivity contribution in [2.75, 3.05) is 52.9 Å². The van der Waals surface area contributed by atoms with Crippen LogP contribution in [0.3, 0.4) is 0 Å². The fourth-order valence-electron chi connectivity index (χ4n) is 4.53. The van der Waals surface area contributed by atoms with Crippen LogP contribution in [0.25, 0.3) is 0 Å². The highest BCUT2D eigenvalue weighted by Crippen LogP contribution is 2.32. The van der Waals surface area contributed by atoms with Crippen LogP contribution < -0.4 is 4.74 Å². The Morgan fingerprint density at radius 3 is 2.74 bits per heavy atom. The first kappa shape index (κ1) is 18.6. The Morgan fingerprint density at radius 1 is 1.11 bits per heavy atom. The zero-order chi connectivity index (χ0) is 18.7. The molecule has 1 aromatic rings. The van der Waals surface area contributed by atoms with Crippen molar-refractivity contribution in [2.45, 2.75) is 37.8 Å². The van der Waals surface area contributed by atoms with E-state index in [4.69, 9.17) is 9.47 Å². The molecular formula is C21H31N3O3. The van der Waals surface area contributed by atoms with Gasteiger partial charge in [-0.25, -0.2) is 4.79 Å². The van der Waals surface area contributed by atoms with E-state index < -0.39 is 0 Å². The molecule has 0 unspecified atom stereocenters. The number of nitrogens with zero attached hydrogens (tertiary/aromatic N) is 3. The number of benzene rings is 1. The lowest BCUT2D eigenvalue weighted by Crippen LogP contribution is -2.37. The van der Waals surface area contributed by atoms with Crippen molar-refractivity contribution in [2.24, 2.45) is 0 Å². The highest BCUT2D eigenvalue weighted by molar-refractivity contribution is 5.70. The summed E-state index contributed by atoms with van der Waals surface area (Å²) in [5.74, 6) is 0.949. The summed E-state index contributed by atoms with van der Waals surface area (Å²) in [4.78, 5) is 18.3. The fraction of sp³-hybridized carbons (Fsp3) is 0.667. The largest absolute Gasteiger partial charge is 0.492 e. The van der Waals surface area contributed by atoms with Crippen molar-refractivity contribution >= 4 is 6.09 Å². The van der Waals surface area contributed by atoms with E-state index in [1.807, 2.05) is 13.1 Å². The topological polar surface area (TPSA) is 45.2 Å². The number of carbonyl (C=O) groups excluding carboxylic acids is 1. The molecule has 0 radical (unpaired) electrons. The smallest absolute Gasteiger partial charge is 0.410 e. The summed E-state index contributed by atoms with van der Waals surface area (Å²) in [6.45, 7) is 7.51. The molecule has 148 valence electrons. The molecule has 3 heterocycles. The van der Waals surface area contributed by atoms with Crippen LogP contribution in [0.2, 0.25) is 0 Å². The van der Waals surface area contributed by atoms with Crippen molar-refractivity contribution in [1.82, 2.24) is 14.7 Å². The van der Waals surface area contributed by atoms with Gasteiger partial charge in [-0.1, -0.05) is 18.6 Å². The van der Waals surface area contributed by atoms with Gasteiger partial charge in [0.25, 0.3) is 0 Å². The van der Waals surface area contributed by atoms with Gasteiger partial charge in [-0.3, -0.25) is 9.80 Å². The number of carbonyl (C=O) groups is 1. The lowest BCUT2D eigenvalue weighted by Gasteiger charge is -2.26. The molecule has 0 saturated carbocycles. The van der Waals surface area contributed by atoms with Crippen LogP contribution >= 0.6 is 0 Å². The van der Waals surface area contributed by atoms with E-state index in [0.29, 0.717) is 6.54 Å². The predicted octanol–water partition coefficient (Wildman–Crippen LogP) is 2.58. The Kier molecular flexibility index (Phi) is 5.55. The number of amides is 1. The second-order valence-electron chi connectivity index (χ2n) is 8.27. The normalized spacial score (nSPS) is 26.7. The lowest BCUT2D eigenvalue weighted by molar-refractivity contribution is 0.0627. The van der Waals surface area contributed by atoms with Crippen LogP contribution in [0.4, 0.5) is 4.79 Å². The molecule has 6 nitrogen and oxygen atoms in total. The molecular weight excluding hydrogens is 342 g/mol. The Bertz CT molecular complexity index is 662. The first-order chi connectivity index (χ1) is 13.1. The third-order valence-electron chi connectivity index (χ3n) is 5.97. The summed E-state index contributed by atoms with van der Waals surface area (Å²) in [5.41, 5.74) is 0.939. The minimum atomic E-state index is -0.311. The van der Waals surface area contributed by atoms with Crippen LogP contribution in [-0.4, -0.2) is 79.3 Å². The summed E-state index contributed by atoms with van der Waals surface area (Å²) < 4.78 is 11.6. The number of hydrogen-bond donors (Lipinski definition) is 0. The quantitative estimate of drug-likeness (QED) is 0.767. The second kappa shape index (κ2) is 8.07. The highest BCUT2D eigenvalue weighted by Gasteiger charge is 2.48. The van der Waals surface area contributed by atoms with E-state index >= 15 is 0 Å². The van der Waals surface area contributed by atoms with E-state index in [0.717, 1.165) is 45.0 Å². The molecule has 3 saturated heterocycles. The molecule has 4 rings (SSSR count). The third kappa shape index (κ3) is 4.55. The van der Waals surface area contributed by atoms with Gasteiger partial charge in [0.1, 0.15) is 18.0 Å². The van der Waals surface area contributed by atoms with Gasteiger partial charge in [0.05, 0.1) is 6.54 Å². The third-order valence-corrected chi connectivity index (χ3v) is 5.97. The second-order valence-corrected chi connectivity index (χ2v) is 8.27. The van der Waals surface area contributed by atoms with Crippen molar-refractivity contribution in [1.29, 1.82) is 0 Å². The summed E-state index contributed by atoms with van der Waals surface area (Å²) in [6, 6.07) is 8.41. The maximum Gasteiger partial charge on any atom is 0.410 e. The summed E-state index contributed by atoms with van der Waals surface area (Å²) in [6.07, 6.45) is 4.72. The molecule has 0 bridgehead atoms. The maximum absolute atomic E-state index is 11.7. The fourth-order valence-corrected chi connectivity index (χ4v) is 4.53. The minimum absolute atomic E-state index is 0.194. The lowest BCUT2D eigenvalue weighted by atomic mass is 10.0. The predicted molar refractivity (Wildman–Crippen MR) is 104 cm³/mol. The first-order valence-electron chi connectivity index (χ1n) is 10.2. The number of piperidine rings is 1. The van der Waals surface area contributed by atoms with Crippen LogP contribution in [0, 0.1) is 0 Å². The highest BCUT2D eigenvalue weighted by atomic mass is 16.6. The summed E-state index contributed by atoms with van der Waals surface area (Å²) in [7, 11) is 1.81. The van der Waals surface area contributed by atoms with E-state index in [-0.39, 0.29) is 11.7 Å². The van der Waals surface area contributed by atoms with Crippen molar-refractivity contribution < 1.29 is 14.3 Å². The van der Waals surface area contributed by atoms with E-state index in [2.05, 4.69) is 28.0 Å². The standard InChI is InChI=1S/C21H31N3O3/c1-22-16-21(27-20(22)25)8-11-24(17-21)15-18-6-5-7-19(14-18)26-13-12-23-9-3-2-4-10-23/h5-7,14H,2-4,8-13,15-17H2,1H3/t21-/m0/s1. The molecule has 3 aliphatic heterocycles. The molecule has 3 fully saturated rings. The van der Waals surface area contributed by atoms with Gasteiger partial charge in [-0.2, -0.15) is 0 Å². The van der Waals surface area contributed by atoms with Crippen LogP contribution in [0.15, 0.2) is 24.3 Å². The van der Waals surface area contributed by atoms with E-state index in [1.165, 1.54) is 37.9 Å². The Labute approximate surface area is 162 Å². The zero-order valence-electron chi connectivity index (χ0n) is 16.4. The van der Waals surface area contributed by atoms with Crippen LogP contribution in [-0.2, 0) is 11.3 Å². The van der Waals surface area contributed by atoms with Crippen molar-refractivity contribution in [3.63, 3.8) is 0 Å². The molecule has 0 aliphatic carbocycles. The molecule has 1 atom stereocenters. The molecule has 1 amide bonds. The average molecular weight is 373 g/mol. The van der Waals surface area contributed by atoms with Crippen LogP contribution in [0.5, 0.6) is 5.75 Å². The average Bonchev–Trinajstić information content (AvgIpc) is 3.17. The van der Waals surface area contributed by atoms with Gasteiger partial charge in [0, 0.05) is 39.6 Å². The van der Waals surface area contributed by atoms with Gasteiger partial charge in [0.15, 0.2) is 0 Å². The van der Waals surface area contributed by atoms with Crippen molar-refractivity contribution in [3.05, 3.63) is 29.8 Å². The number of hydrogen-bond acceptors (Lipinski definition) is 5. The Morgan fingerprint density at radius 2 is 1.96 bits per heavy atom. The van der Waals surface area contributed by atoms with Gasteiger partial charge in [-0.15, -0.1) is 0 Å². The summed E-state index contributed by atoms with van der Waals surface area (Å²) in [5, 5.41) is 0. The van der Waals surface area contributed by atoms with Crippen molar-refractivity contribution in [3.8, 4) is 5.75 Å². The molecule has 1 spiro atoms. The zero-order valence-corrected chi connectivity index (χ0v) is 16.4.